The van der Waals surface area contributed by atoms with Crippen LogP contribution in [0.3, 0.4) is 0 Å². The van der Waals surface area contributed by atoms with Crippen LogP contribution < -0.4 is 5.01 Å². The van der Waals surface area contributed by atoms with Crippen LogP contribution in [0, 0.1) is 11.3 Å². The minimum absolute atomic E-state index is 0.149. The largest absolute Gasteiger partial charge is 0.443 e. The number of para-hydroxylation sites is 1. The standard InChI is InChI=1S/C14H13N3O3/c1-10(9-15)20-14(19)12-7-8-13(18)17(16-12)11-5-3-2-4-6-11/h2-6,10H,7-8H2,1H3. The molecule has 1 aromatic rings. The van der Waals surface area contributed by atoms with E-state index in [1.54, 1.807) is 24.3 Å². The predicted molar refractivity (Wildman–Crippen MR) is 71.8 cm³/mol. The van der Waals surface area contributed by atoms with Crippen molar-refractivity contribution in [3.05, 3.63) is 30.3 Å². The van der Waals surface area contributed by atoms with E-state index < -0.39 is 12.1 Å². The third-order valence-corrected chi connectivity index (χ3v) is 2.73. The molecule has 6 nitrogen and oxygen atoms in total. The monoisotopic (exact) mass is 271 g/mol. The number of hydrogen-bond acceptors (Lipinski definition) is 5. The smallest absolute Gasteiger partial charge is 0.355 e. The first-order valence-electron chi connectivity index (χ1n) is 6.18. The van der Waals surface area contributed by atoms with E-state index in [0.717, 1.165) is 0 Å². The summed E-state index contributed by atoms with van der Waals surface area (Å²) in [5.74, 6) is -0.839. The average Bonchev–Trinajstić information content (AvgIpc) is 2.48. The summed E-state index contributed by atoms with van der Waals surface area (Å²) in [5.41, 5.74) is 0.742. The fourth-order valence-corrected chi connectivity index (χ4v) is 1.73. The summed E-state index contributed by atoms with van der Waals surface area (Å²) < 4.78 is 4.89. The molecule has 0 saturated heterocycles. The molecule has 1 aliphatic heterocycles. The first-order valence-corrected chi connectivity index (χ1v) is 6.18. The van der Waals surface area contributed by atoms with Gasteiger partial charge in [0, 0.05) is 12.8 Å². The van der Waals surface area contributed by atoms with Crippen molar-refractivity contribution in [3.8, 4) is 6.07 Å². The lowest BCUT2D eigenvalue weighted by molar-refractivity contribution is -0.137. The summed E-state index contributed by atoms with van der Waals surface area (Å²) in [6.45, 7) is 1.47. The minimum atomic E-state index is -0.840. The maximum Gasteiger partial charge on any atom is 0.355 e. The Morgan fingerprint density at radius 3 is 2.75 bits per heavy atom. The lowest BCUT2D eigenvalue weighted by Crippen LogP contribution is -2.35. The van der Waals surface area contributed by atoms with Crippen molar-refractivity contribution in [2.45, 2.75) is 25.9 Å². The van der Waals surface area contributed by atoms with Crippen LogP contribution in [-0.2, 0) is 14.3 Å². The highest BCUT2D eigenvalue weighted by Crippen LogP contribution is 2.20. The molecule has 1 atom stereocenters. The Hall–Kier alpha value is -2.68. The molecule has 0 aliphatic carbocycles. The van der Waals surface area contributed by atoms with Crippen molar-refractivity contribution in [2.24, 2.45) is 5.10 Å². The highest BCUT2D eigenvalue weighted by atomic mass is 16.5. The number of hydrazone groups is 1. The number of ether oxygens (including phenoxy) is 1. The summed E-state index contributed by atoms with van der Waals surface area (Å²) in [6, 6.07) is 10.7. The molecule has 0 saturated carbocycles. The van der Waals surface area contributed by atoms with Gasteiger partial charge in [-0.15, -0.1) is 0 Å². The quantitative estimate of drug-likeness (QED) is 0.782. The van der Waals surface area contributed by atoms with Gasteiger partial charge in [-0.05, 0) is 19.1 Å². The van der Waals surface area contributed by atoms with E-state index in [0.29, 0.717) is 5.69 Å². The van der Waals surface area contributed by atoms with Gasteiger partial charge in [0.15, 0.2) is 6.10 Å². The van der Waals surface area contributed by atoms with Crippen molar-refractivity contribution in [1.29, 1.82) is 5.26 Å². The Balaban J connectivity index is 2.21. The first kappa shape index (κ1) is 13.7. The second kappa shape index (κ2) is 5.97. The van der Waals surface area contributed by atoms with Crippen LogP contribution >= 0.6 is 0 Å². The number of nitriles is 1. The first-order chi connectivity index (χ1) is 9.61. The van der Waals surface area contributed by atoms with E-state index in [-0.39, 0.29) is 24.5 Å². The van der Waals surface area contributed by atoms with E-state index in [1.807, 2.05) is 12.1 Å². The van der Waals surface area contributed by atoms with Crippen LogP contribution in [0.25, 0.3) is 0 Å². The Morgan fingerprint density at radius 1 is 1.40 bits per heavy atom. The SMILES string of the molecule is CC(C#N)OC(=O)C1=NN(c2ccccc2)C(=O)CC1. The summed E-state index contributed by atoms with van der Waals surface area (Å²) in [6.07, 6.45) is -0.434. The average molecular weight is 271 g/mol. The van der Waals surface area contributed by atoms with E-state index >= 15 is 0 Å². The number of carbonyl (C=O) groups excluding carboxylic acids is 2. The van der Waals surface area contributed by atoms with Crippen LogP contribution in [0.5, 0.6) is 0 Å². The predicted octanol–water partition coefficient (Wildman–Crippen LogP) is 1.62. The van der Waals surface area contributed by atoms with Crippen LogP contribution in [0.15, 0.2) is 35.4 Å². The zero-order valence-electron chi connectivity index (χ0n) is 10.9. The molecule has 1 unspecified atom stereocenters. The molecule has 20 heavy (non-hydrogen) atoms. The van der Waals surface area contributed by atoms with Gasteiger partial charge in [0.05, 0.1) is 5.69 Å². The van der Waals surface area contributed by atoms with E-state index in [1.165, 1.54) is 11.9 Å². The molecular weight excluding hydrogens is 258 g/mol. The summed E-state index contributed by atoms with van der Waals surface area (Å²) >= 11 is 0. The maximum absolute atomic E-state index is 11.9. The number of carbonyl (C=O) groups is 2. The highest BCUT2D eigenvalue weighted by Gasteiger charge is 2.27. The second-order valence-electron chi connectivity index (χ2n) is 4.26. The fourth-order valence-electron chi connectivity index (χ4n) is 1.73. The number of esters is 1. The number of hydrogen-bond donors (Lipinski definition) is 0. The fraction of sp³-hybridized carbons (Fsp3) is 0.286. The van der Waals surface area contributed by atoms with Crippen molar-refractivity contribution in [1.82, 2.24) is 0 Å². The molecule has 0 aromatic heterocycles. The third-order valence-electron chi connectivity index (χ3n) is 2.73. The summed E-state index contributed by atoms with van der Waals surface area (Å²) in [5, 5.41) is 13.9. The van der Waals surface area contributed by atoms with Crippen molar-refractivity contribution in [3.63, 3.8) is 0 Å². The minimum Gasteiger partial charge on any atom is -0.443 e. The Morgan fingerprint density at radius 2 is 2.10 bits per heavy atom. The molecule has 1 aliphatic rings. The molecule has 0 spiro atoms. The molecule has 0 radical (unpaired) electrons. The Labute approximate surface area is 116 Å². The van der Waals surface area contributed by atoms with Crippen LogP contribution in [0.4, 0.5) is 5.69 Å². The zero-order chi connectivity index (χ0) is 14.5. The van der Waals surface area contributed by atoms with Gasteiger partial charge in [-0.2, -0.15) is 10.4 Å². The van der Waals surface area contributed by atoms with Gasteiger partial charge in [0.25, 0.3) is 0 Å². The Bertz CT molecular complexity index is 589. The lowest BCUT2D eigenvalue weighted by Gasteiger charge is -2.22. The topological polar surface area (TPSA) is 82.8 Å². The molecule has 0 bridgehead atoms. The van der Waals surface area contributed by atoms with Gasteiger partial charge in [0.2, 0.25) is 5.91 Å². The van der Waals surface area contributed by atoms with Crippen LogP contribution in [0.2, 0.25) is 0 Å². The second-order valence-corrected chi connectivity index (χ2v) is 4.26. The van der Waals surface area contributed by atoms with E-state index in [9.17, 15) is 9.59 Å². The third kappa shape index (κ3) is 3.01. The number of amides is 1. The van der Waals surface area contributed by atoms with E-state index in [2.05, 4.69) is 5.10 Å². The molecule has 6 heteroatoms. The van der Waals surface area contributed by atoms with Gasteiger partial charge in [-0.1, -0.05) is 18.2 Å². The molecule has 2 rings (SSSR count). The molecule has 0 fully saturated rings. The lowest BCUT2D eigenvalue weighted by atomic mass is 10.1. The number of benzene rings is 1. The van der Waals surface area contributed by atoms with Gasteiger partial charge in [-0.25, -0.2) is 9.80 Å². The van der Waals surface area contributed by atoms with Gasteiger partial charge >= 0.3 is 5.97 Å². The van der Waals surface area contributed by atoms with Crippen molar-refractivity contribution in [2.75, 3.05) is 5.01 Å². The normalized spacial score (nSPS) is 16.1. The van der Waals surface area contributed by atoms with Crippen molar-refractivity contribution < 1.29 is 14.3 Å². The molecular formula is C14H13N3O3. The van der Waals surface area contributed by atoms with Gasteiger partial charge in [-0.3, -0.25) is 4.79 Å². The van der Waals surface area contributed by atoms with E-state index in [4.69, 9.17) is 10.00 Å². The van der Waals surface area contributed by atoms with Gasteiger partial charge in [0.1, 0.15) is 11.8 Å². The molecule has 1 heterocycles. The number of nitrogens with zero attached hydrogens (tertiary/aromatic N) is 3. The molecule has 1 amide bonds. The highest BCUT2D eigenvalue weighted by molar-refractivity contribution is 6.38. The van der Waals surface area contributed by atoms with Gasteiger partial charge < -0.3 is 4.74 Å². The van der Waals surface area contributed by atoms with Crippen LogP contribution in [-0.4, -0.2) is 23.7 Å². The summed E-state index contributed by atoms with van der Waals surface area (Å²) in [4.78, 5) is 23.7. The maximum atomic E-state index is 11.9. The Kier molecular flexibility index (Phi) is 4.11. The molecule has 0 N–H and O–H groups in total. The molecule has 1 aromatic carbocycles. The van der Waals surface area contributed by atoms with Crippen molar-refractivity contribution >= 4 is 23.3 Å². The zero-order valence-corrected chi connectivity index (χ0v) is 10.9. The number of rotatable bonds is 3. The van der Waals surface area contributed by atoms with Crippen LogP contribution in [0.1, 0.15) is 19.8 Å². The molecule has 102 valence electrons. The summed E-state index contributed by atoms with van der Waals surface area (Å²) in [7, 11) is 0. The number of anilines is 1.